The van der Waals surface area contributed by atoms with Crippen molar-refractivity contribution in [3.63, 3.8) is 0 Å². The largest absolute Gasteiger partial charge is 0.371 e. The molecule has 6 rings (SSSR count). The summed E-state index contributed by atoms with van der Waals surface area (Å²) in [5, 5.41) is 16.4. The number of H-pyrrole nitrogens is 1. The Hall–Kier alpha value is -3.20. The van der Waals surface area contributed by atoms with Crippen LogP contribution in [0.25, 0.3) is 28.3 Å². The normalized spacial score (nSPS) is 21.7. The number of imidazole rings is 1. The summed E-state index contributed by atoms with van der Waals surface area (Å²) in [7, 11) is 1.94. The molecule has 2 atom stereocenters. The smallest absolute Gasteiger partial charge is 0.163 e. The van der Waals surface area contributed by atoms with Gasteiger partial charge < -0.3 is 9.64 Å². The van der Waals surface area contributed by atoms with E-state index in [9.17, 15) is 0 Å². The zero-order chi connectivity index (χ0) is 18.7. The molecule has 4 aromatic rings. The van der Waals surface area contributed by atoms with E-state index in [1.54, 1.807) is 12.4 Å². The second kappa shape index (κ2) is 5.90. The van der Waals surface area contributed by atoms with Crippen molar-refractivity contribution in [2.45, 2.75) is 25.0 Å². The fourth-order valence-corrected chi connectivity index (χ4v) is 4.32. The number of morpholine rings is 1. The van der Waals surface area contributed by atoms with Gasteiger partial charge in [-0.1, -0.05) is 0 Å². The number of fused-ring (bicyclic) bond motifs is 3. The summed E-state index contributed by atoms with van der Waals surface area (Å²) < 4.78 is 9.78. The van der Waals surface area contributed by atoms with Gasteiger partial charge in [-0.15, -0.1) is 5.10 Å². The summed E-state index contributed by atoms with van der Waals surface area (Å²) in [6.07, 6.45) is 8.23. The minimum Gasteiger partial charge on any atom is -0.371 e. The Labute approximate surface area is 160 Å². The number of aromatic nitrogens is 7. The molecular formula is C19H20N8O. The summed E-state index contributed by atoms with van der Waals surface area (Å²) in [4.78, 5) is 7.00. The number of rotatable bonds is 3. The topological polar surface area (TPSA) is 89.2 Å². The van der Waals surface area contributed by atoms with Crippen molar-refractivity contribution in [3.8, 4) is 22.6 Å². The first-order valence-corrected chi connectivity index (χ1v) is 9.53. The predicted octanol–water partition coefficient (Wildman–Crippen LogP) is 1.89. The molecule has 0 aromatic carbocycles. The Kier molecular flexibility index (Phi) is 3.33. The zero-order valence-electron chi connectivity index (χ0n) is 15.5. The van der Waals surface area contributed by atoms with E-state index in [0.717, 1.165) is 60.0 Å². The average Bonchev–Trinajstić information content (AvgIpc) is 3.48. The van der Waals surface area contributed by atoms with Crippen LogP contribution < -0.4 is 4.90 Å². The first-order chi connectivity index (χ1) is 13.8. The molecule has 2 saturated heterocycles. The molecule has 2 unspecified atom stereocenters. The number of hydrogen-bond acceptors (Lipinski definition) is 6. The fraction of sp³-hybridized carbons (Fsp3) is 0.368. The maximum atomic E-state index is 6.01. The maximum absolute atomic E-state index is 6.01. The van der Waals surface area contributed by atoms with E-state index in [-0.39, 0.29) is 0 Å². The fourth-order valence-electron chi connectivity index (χ4n) is 4.32. The van der Waals surface area contributed by atoms with Crippen LogP contribution in [0.5, 0.6) is 0 Å². The van der Waals surface area contributed by atoms with Crippen molar-refractivity contribution < 1.29 is 4.74 Å². The molecule has 0 saturated carbocycles. The van der Waals surface area contributed by atoms with Gasteiger partial charge in [0.2, 0.25) is 0 Å². The lowest BCUT2D eigenvalue weighted by molar-refractivity contribution is 0.0301. The molecule has 0 amide bonds. The van der Waals surface area contributed by atoms with Crippen LogP contribution >= 0.6 is 0 Å². The van der Waals surface area contributed by atoms with Crippen molar-refractivity contribution in [2.75, 3.05) is 18.0 Å². The van der Waals surface area contributed by atoms with Gasteiger partial charge in [-0.2, -0.15) is 10.2 Å². The number of aryl methyl sites for hydroxylation is 1. The molecule has 6 heterocycles. The van der Waals surface area contributed by atoms with Gasteiger partial charge in [0.1, 0.15) is 5.69 Å². The quantitative estimate of drug-likeness (QED) is 0.587. The van der Waals surface area contributed by atoms with Crippen molar-refractivity contribution >= 4 is 11.5 Å². The van der Waals surface area contributed by atoms with Crippen LogP contribution in [-0.2, 0) is 11.8 Å². The standard InChI is InChI=1S/C19H20N8O/c1-25-16(5-7-22-25)14-8-18(26-10-12-2-3-13(11-26)28-12)24-27-17(9-20-19(14)27)15-4-6-21-23-15/h4-9,12-13H,2-3,10-11H2,1H3,(H,21,23). The van der Waals surface area contributed by atoms with E-state index in [2.05, 4.69) is 31.2 Å². The number of aromatic amines is 1. The number of nitrogens with one attached hydrogen (secondary N) is 1. The van der Waals surface area contributed by atoms with Gasteiger partial charge in [0, 0.05) is 38.1 Å². The molecule has 0 aliphatic carbocycles. The lowest BCUT2D eigenvalue weighted by Crippen LogP contribution is -2.43. The highest BCUT2D eigenvalue weighted by atomic mass is 16.5. The molecule has 2 aliphatic rings. The third-order valence-electron chi connectivity index (χ3n) is 5.70. The third-order valence-corrected chi connectivity index (χ3v) is 5.70. The van der Waals surface area contributed by atoms with Gasteiger partial charge in [-0.25, -0.2) is 9.50 Å². The van der Waals surface area contributed by atoms with E-state index in [1.807, 2.05) is 34.6 Å². The number of anilines is 1. The highest BCUT2D eigenvalue weighted by Gasteiger charge is 2.34. The molecule has 2 aliphatic heterocycles. The Bertz CT molecular complexity index is 1130. The van der Waals surface area contributed by atoms with Crippen LogP contribution in [0.3, 0.4) is 0 Å². The SMILES string of the molecule is Cn1nccc1-c1cc(N2CC3CCC(C2)O3)nn2c(-c3ccn[nH]3)cnc12. The third kappa shape index (κ3) is 2.36. The Balaban J connectivity index is 1.56. The molecule has 0 radical (unpaired) electrons. The molecule has 2 fully saturated rings. The summed E-state index contributed by atoms with van der Waals surface area (Å²) in [6.45, 7) is 1.74. The Morgan fingerprint density at radius 1 is 1.11 bits per heavy atom. The van der Waals surface area contributed by atoms with Gasteiger partial charge in [-0.05, 0) is 31.0 Å². The van der Waals surface area contributed by atoms with E-state index >= 15 is 0 Å². The van der Waals surface area contributed by atoms with Gasteiger partial charge >= 0.3 is 0 Å². The second-order valence-electron chi connectivity index (χ2n) is 7.47. The summed E-state index contributed by atoms with van der Waals surface area (Å²) in [5.41, 5.74) is 4.58. The van der Waals surface area contributed by atoms with Crippen molar-refractivity contribution in [2.24, 2.45) is 7.05 Å². The Morgan fingerprint density at radius 3 is 2.68 bits per heavy atom. The predicted molar refractivity (Wildman–Crippen MR) is 103 cm³/mol. The van der Waals surface area contributed by atoms with Crippen LogP contribution in [0.4, 0.5) is 5.82 Å². The molecular weight excluding hydrogens is 356 g/mol. The van der Waals surface area contributed by atoms with Gasteiger partial charge in [0.15, 0.2) is 11.5 Å². The van der Waals surface area contributed by atoms with Gasteiger partial charge in [-0.3, -0.25) is 9.78 Å². The van der Waals surface area contributed by atoms with Crippen molar-refractivity contribution in [1.29, 1.82) is 0 Å². The zero-order valence-corrected chi connectivity index (χ0v) is 15.5. The summed E-state index contributed by atoms with van der Waals surface area (Å²) in [5.74, 6) is 0.933. The van der Waals surface area contributed by atoms with E-state index in [1.165, 1.54) is 0 Å². The first kappa shape index (κ1) is 15.8. The lowest BCUT2D eigenvalue weighted by atomic mass is 10.2. The van der Waals surface area contributed by atoms with E-state index < -0.39 is 0 Å². The molecule has 4 aromatic heterocycles. The molecule has 2 bridgehead atoms. The summed E-state index contributed by atoms with van der Waals surface area (Å²) >= 11 is 0. The van der Waals surface area contributed by atoms with Crippen LogP contribution in [0, 0.1) is 0 Å². The molecule has 0 spiro atoms. The Morgan fingerprint density at radius 2 is 1.96 bits per heavy atom. The molecule has 9 nitrogen and oxygen atoms in total. The number of hydrogen-bond donors (Lipinski definition) is 1. The summed E-state index contributed by atoms with van der Waals surface area (Å²) in [6, 6.07) is 6.06. The highest BCUT2D eigenvalue weighted by molar-refractivity contribution is 5.79. The van der Waals surface area contributed by atoms with Crippen LogP contribution in [0.1, 0.15) is 12.8 Å². The monoisotopic (exact) mass is 376 g/mol. The minimum atomic E-state index is 0.297. The number of ether oxygens (including phenoxy) is 1. The van der Waals surface area contributed by atoms with Crippen molar-refractivity contribution in [1.82, 2.24) is 34.6 Å². The molecule has 1 N–H and O–H groups in total. The first-order valence-electron chi connectivity index (χ1n) is 9.53. The highest BCUT2D eigenvalue weighted by Crippen LogP contribution is 2.33. The minimum absolute atomic E-state index is 0.297. The van der Waals surface area contributed by atoms with Crippen LogP contribution in [0.15, 0.2) is 36.8 Å². The molecule has 142 valence electrons. The van der Waals surface area contributed by atoms with E-state index in [0.29, 0.717) is 12.2 Å². The van der Waals surface area contributed by atoms with Gasteiger partial charge in [0.25, 0.3) is 0 Å². The van der Waals surface area contributed by atoms with E-state index in [4.69, 9.17) is 9.84 Å². The van der Waals surface area contributed by atoms with Crippen molar-refractivity contribution in [3.05, 3.63) is 36.8 Å². The maximum Gasteiger partial charge on any atom is 0.163 e. The number of nitrogens with zero attached hydrogens (tertiary/aromatic N) is 7. The molecule has 28 heavy (non-hydrogen) atoms. The average molecular weight is 376 g/mol. The van der Waals surface area contributed by atoms with Gasteiger partial charge in [0.05, 0.1) is 29.8 Å². The van der Waals surface area contributed by atoms with Crippen LogP contribution in [0.2, 0.25) is 0 Å². The lowest BCUT2D eigenvalue weighted by Gasteiger charge is -2.33. The molecule has 9 heteroatoms. The van der Waals surface area contributed by atoms with Crippen LogP contribution in [-0.4, -0.2) is 59.9 Å². The second-order valence-corrected chi connectivity index (χ2v) is 7.47.